The molecule has 3 rings (SSSR count). The molecule has 0 saturated carbocycles. The second kappa shape index (κ2) is 3.36. The maximum atomic E-state index is 11.7. The van der Waals surface area contributed by atoms with Gasteiger partial charge >= 0.3 is 0 Å². The van der Waals surface area contributed by atoms with Crippen LogP contribution in [0.4, 0.5) is 0 Å². The van der Waals surface area contributed by atoms with Crippen molar-refractivity contribution in [2.24, 2.45) is 20.7 Å². The first-order valence-corrected chi connectivity index (χ1v) is 4.99. The average Bonchev–Trinajstić information content (AvgIpc) is 2.87. The third kappa shape index (κ3) is 1.66. The van der Waals surface area contributed by atoms with Crippen molar-refractivity contribution in [3.63, 3.8) is 0 Å². The molecule has 1 atom stereocenters. The number of nitrogens with zero attached hydrogens (tertiary/aromatic N) is 3. The molecule has 0 aromatic carbocycles. The second-order valence-corrected chi connectivity index (χ2v) is 3.84. The minimum absolute atomic E-state index is 0.207. The van der Waals surface area contributed by atoms with Gasteiger partial charge in [-0.3, -0.25) is 10.5 Å². The molecule has 0 saturated heterocycles. The lowest BCUT2D eigenvalue weighted by Gasteiger charge is -2.29. The van der Waals surface area contributed by atoms with Crippen LogP contribution >= 0.6 is 0 Å². The number of hydrogen-bond acceptors (Lipinski definition) is 6. The molecule has 0 spiro atoms. The molecule has 0 aliphatic carbocycles. The Morgan fingerprint density at radius 1 is 1.53 bits per heavy atom. The maximum Gasteiger partial charge on any atom is 0.276 e. The molecule has 7 heteroatoms. The molecule has 2 aliphatic heterocycles. The minimum Gasteiger partial charge on any atom is -0.472 e. The van der Waals surface area contributed by atoms with Gasteiger partial charge in [0.2, 0.25) is 0 Å². The summed E-state index contributed by atoms with van der Waals surface area (Å²) in [6.45, 7) is 0. The zero-order valence-electron chi connectivity index (χ0n) is 8.75. The Labute approximate surface area is 96.1 Å². The van der Waals surface area contributed by atoms with Gasteiger partial charge in [-0.25, -0.2) is 15.0 Å². The van der Waals surface area contributed by atoms with E-state index in [1.165, 1.54) is 12.6 Å². The molecular formula is C10H9N5O2. The minimum atomic E-state index is -1.20. The number of aliphatic imine (C=N–C) groups is 3. The van der Waals surface area contributed by atoms with Crippen LogP contribution in [-0.4, -0.2) is 29.6 Å². The summed E-state index contributed by atoms with van der Waals surface area (Å²) in [6.07, 6.45) is 4.72. The van der Waals surface area contributed by atoms with Crippen molar-refractivity contribution >= 4 is 23.8 Å². The highest BCUT2D eigenvalue weighted by molar-refractivity contribution is 6.69. The summed E-state index contributed by atoms with van der Waals surface area (Å²) in [4.78, 5) is 23.6. The Balaban J connectivity index is 1.93. The van der Waals surface area contributed by atoms with E-state index in [4.69, 9.17) is 10.2 Å². The number of amidine groups is 1. The van der Waals surface area contributed by atoms with Crippen LogP contribution < -0.4 is 11.1 Å². The van der Waals surface area contributed by atoms with Gasteiger partial charge in [-0.2, -0.15) is 0 Å². The molecule has 3 heterocycles. The molecule has 0 bridgehead atoms. The molecular weight excluding hydrogens is 222 g/mol. The van der Waals surface area contributed by atoms with Gasteiger partial charge in [0.15, 0.2) is 17.3 Å². The van der Waals surface area contributed by atoms with Gasteiger partial charge in [-0.15, -0.1) is 0 Å². The van der Waals surface area contributed by atoms with Gasteiger partial charge in [0.1, 0.15) is 6.34 Å². The number of fused-ring (bicyclic) bond motifs is 1. The Morgan fingerprint density at radius 2 is 2.41 bits per heavy atom. The van der Waals surface area contributed by atoms with Crippen molar-refractivity contribution in [2.45, 2.75) is 12.2 Å². The van der Waals surface area contributed by atoms with E-state index in [9.17, 15) is 4.79 Å². The van der Waals surface area contributed by atoms with Crippen LogP contribution in [0.15, 0.2) is 38.0 Å². The highest BCUT2D eigenvalue weighted by Gasteiger charge is 2.37. The molecule has 17 heavy (non-hydrogen) atoms. The quantitative estimate of drug-likeness (QED) is 0.712. The number of nitrogens with one attached hydrogen (secondary N) is 1. The van der Waals surface area contributed by atoms with Crippen LogP contribution in [-0.2, 0) is 11.2 Å². The Hall–Kier alpha value is -2.28. The van der Waals surface area contributed by atoms with Crippen LogP contribution in [0.25, 0.3) is 0 Å². The number of carbonyl (C=O) groups is 1. The summed E-state index contributed by atoms with van der Waals surface area (Å²) in [5, 5.41) is 2.60. The summed E-state index contributed by atoms with van der Waals surface area (Å²) < 4.78 is 4.94. The van der Waals surface area contributed by atoms with E-state index in [0.29, 0.717) is 6.42 Å². The third-order valence-electron chi connectivity index (χ3n) is 2.48. The molecule has 7 nitrogen and oxygen atoms in total. The van der Waals surface area contributed by atoms with E-state index in [2.05, 4.69) is 20.3 Å². The first-order chi connectivity index (χ1) is 8.16. The van der Waals surface area contributed by atoms with E-state index in [-0.39, 0.29) is 17.5 Å². The third-order valence-corrected chi connectivity index (χ3v) is 2.48. The van der Waals surface area contributed by atoms with Crippen LogP contribution in [0.1, 0.15) is 5.56 Å². The number of nitrogens with two attached hydrogens (primary N) is 1. The molecule has 1 unspecified atom stereocenters. The lowest BCUT2D eigenvalue weighted by atomic mass is 10.1. The van der Waals surface area contributed by atoms with E-state index < -0.39 is 5.79 Å². The number of carbonyl (C=O) groups excluding carboxylic acids is 1. The van der Waals surface area contributed by atoms with Crippen molar-refractivity contribution in [3.05, 3.63) is 24.2 Å². The van der Waals surface area contributed by atoms with Gasteiger partial charge in [0, 0.05) is 6.42 Å². The fraction of sp³-hybridized carbons (Fsp3) is 0.200. The topological polar surface area (TPSA) is 105 Å². The molecule has 0 fully saturated rings. The van der Waals surface area contributed by atoms with Crippen LogP contribution in [0.5, 0.6) is 0 Å². The predicted molar refractivity (Wildman–Crippen MR) is 60.8 cm³/mol. The van der Waals surface area contributed by atoms with Gasteiger partial charge < -0.3 is 9.73 Å². The number of amides is 1. The monoisotopic (exact) mass is 231 g/mol. The summed E-state index contributed by atoms with van der Waals surface area (Å²) in [6, 6.07) is 1.77. The first-order valence-electron chi connectivity index (χ1n) is 4.99. The lowest BCUT2D eigenvalue weighted by molar-refractivity contribution is -0.116. The number of hydrogen-bond donors (Lipinski definition) is 2. The fourth-order valence-corrected chi connectivity index (χ4v) is 1.76. The highest BCUT2D eigenvalue weighted by atomic mass is 16.3. The van der Waals surface area contributed by atoms with Crippen molar-refractivity contribution in [3.8, 4) is 0 Å². The molecule has 1 aromatic heterocycles. The Bertz CT molecular complexity index is 557. The van der Waals surface area contributed by atoms with Crippen molar-refractivity contribution in [1.82, 2.24) is 5.32 Å². The Kier molecular flexibility index (Phi) is 1.96. The molecule has 2 aliphatic rings. The van der Waals surface area contributed by atoms with Gasteiger partial charge in [-0.05, 0) is 11.6 Å². The van der Waals surface area contributed by atoms with Crippen LogP contribution in [0.3, 0.4) is 0 Å². The van der Waals surface area contributed by atoms with Crippen molar-refractivity contribution in [1.29, 1.82) is 0 Å². The SMILES string of the molecule is NC1(Cc2ccoc2)N=C2N=CN=C2C(=O)N1. The normalized spacial score (nSPS) is 26.3. The zero-order valence-corrected chi connectivity index (χ0v) is 8.75. The smallest absolute Gasteiger partial charge is 0.276 e. The molecule has 1 aromatic rings. The second-order valence-electron chi connectivity index (χ2n) is 3.84. The van der Waals surface area contributed by atoms with Crippen molar-refractivity contribution < 1.29 is 9.21 Å². The van der Waals surface area contributed by atoms with Crippen LogP contribution in [0.2, 0.25) is 0 Å². The van der Waals surface area contributed by atoms with E-state index in [1.807, 2.05) is 0 Å². The summed E-state index contributed by atoms with van der Waals surface area (Å²) >= 11 is 0. The van der Waals surface area contributed by atoms with Crippen molar-refractivity contribution in [2.75, 3.05) is 0 Å². The first kappa shape index (κ1) is 9.91. The maximum absolute atomic E-state index is 11.7. The largest absolute Gasteiger partial charge is 0.472 e. The number of furan rings is 1. The van der Waals surface area contributed by atoms with Gasteiger partial charge in [0.25, 0.3) is 5.91 Å². The predicted octanol–water partition coefficient (Wildman–Crippen LogP) is -0.554. The van der Waals surface area contributed by atoms with Gasteiger partial charge in [0.05, 0.1) is 12.5 Å². The lowest BCUT2D eigenvalue weighted by Crippen LogP contribution is -2.61. The van der Waals surface area contributed by atoms with E-state index in [1.54, 1.807) is 12.3 Å². The average molecular weight is 231 g/mol. The molecule has 86 valence electrons. The van der Waals surface area contributed by atoms with Gasteiger partial charge in [-0.1, -0.05) is 0 Å². The number of rotatable bonds is 2. The highest BCUT2D eigenvalue weighted by Crippen LogP contribution is 2.16. The van der Waals surface area contributed by atoms with Crippen LogP contribution in [0, 0.1) is 0 Å². The standard InChI is InChI=1S/C10H9N5O2/c11-10(3-6-1-2-17-4-6)14-8-7(9(16)15-10)12-5-13-8/h1-2,4-5H,3,11H2,(H,15,16). The zero-order chi connectivity index (χ0) is 11.9. The molecule has 1 amide bonds. The molecule has 3 N–H and O–H groups in total. The summed E-state index contributed by atoms with van der Waals surface area (Å²) in [7, 11) is 0. The van der Waals surface area contributed by atoms with E-state index >= 15 is 0 Å². The fourth-order valence-electron chi connectivity index (χ4n) is 1.76. The van der Waals surface area contributed by atoms with E-state index in [0.717, 1.165) is 5.56 Å². The summed E-state index contributed by atoms with van der Waals surface area (Å²) in [5.74, 6) is -1.28. The summed E-state index contributed by atoms with van der Waals surface area (Å²) in [5.41, 5.74) is 7.06. The molecule has 0 radical (unpaired) electrons. The Morgan fingerprint density at radius 3 is 3.18 bits per heavy atom.